The maximum Gasteiger partial charge on any atom is 0.416 e. The van der Waals surface area contributed by atoms with Gasteiger partial charge in [0.1, 0.15) is 17.5 Å². The summed E-state index contributed by atoms with van der Waals surface area (Å²) in [6.45, 7) is 6.88. The number of aromatic nitrogens is 1. The third-order valence-corrected chi connectivity index (χ3v) is 9.42. The molecule has 3 aliphatic rings. The largest absolute Gasteiger partial charge is 0.484 e. The number of benzene rings is 3. The number of hydrogen-bond acceptors (Lipinski definition) is 5. The molecule has 1 atom stereocenters. The predicted molar refractivity (Wildman–Crippen MR) is 171 cm³/mol. The number of amides is 2. The average molecular weight is 613 g/mol. The van der Waals surface area contributed by atoms with E-state index in [1.807, 2.05) is 59.5 Å². The fraction of sp³-hybridized carbons (Fsp3) is 0.371. The van der Waals surface area contributed by atoms with Crippen molar-refractivity contribution < 1.29 is 19.1 Å². The van der Waals surface area contributed by atoms with Crippen molar-refractivity contribution in [2.45, 2.75) is 38.1 Å². The Morgan fingerprint density at radius 2 is 1.59 bits per heavy atom. The number of likely N-dealkylation sites (N-methyl/N-ethyl adjacent to an activating group) is 1. The van der Waals surface area contributed by atoms with Crippen molar-refractivity contribution >= 4 is 34.5 Å². The lowest BCUT2D eigenvalue weighted by Gasteiger charge is -2.35. The first-order chi connectivity index (χ1) is 21.5. The van der Waals surface area contributed by atoms with Crippen LogP contribution in [0, 0.1) is 0 Å². The molecule has 8 nitrogen and oxygen atoms in total. The summed E-state index contributed by atoms with van der Waals surface area (Å²) in [6, 6.07) is 21.0. The Bertz CT molecular complexity index is 1660. The Balaban J connectivity index is 1.11. The van der Waals surface area contributed by atoms with E-state index in [4.69, 9.17) is 21.1 Å². The number of halogens is 1. The molecule has 3 heterocycles. The van der Waals surface area contributed by atoms with E-state index in [-0.39, 0.29) is 12.5 Å². The van der Waals surface area contributed by atoms with Crippen LogP contribution < -0.4 is 9.47 Å². The highest BCUT2D eigenvalue weighted by Crippen LogP contribution is 2.41. The topological polar surface area (TPSA) is 78.1 Å². The number of H-pyrrole nitrogens is 1. The fourth-order valence-electron chi connectivity index (χ4n) is 6.48. The Labute approximate surface area is 262 Å². The van der Waals surface area contributed by atoms with Crippen LogP contribution in [0.25, 0.3) is 10.9 Å². The standard InChI is InChI=1S/C35H37ClN4O4/c1-2-38-17-19-39(20-18-38)32(41)22-43-27-10-7-25(8-11-27)34-33-29(30-21-26(36)9-14-31(30)37-33)15-16-40(34)35(42)44-28-12-5-24(6-13-28)23-3-4-23/h5-14,21,23,34,37H,2-4,15-20,22H2,1H3. The van der Waals surface area contributed by atoms with Gasteiger partial charge >= 0.3 is 6.09 Å². The Morgan fingerprint density at radius 1 is 0.886 bits per heavy atom. The van der Waals surface area contributed by atoms with Crippen LogP contribution in [0.4, 0.5) is 4.79 Å². The number of nitrogens with one attached hydrogen (secondary N) is 1. The van der Waals surface area contributed by atoms with Crippen molar-refractivity contribution in [1.82, 2.24) is 19.7 Å². The molecular weight excluding hydrogens is 576 g/mol. The van der Waals surface area contributed by atoms with Crippen LogP contribution in [0.15, 0.2) is 66.7 Å². The molecule has 0 radical (unpaired) electrons. The minimum Gasteiger partial charge on any atom is -0.484 e. The molecule has 1 aromatic heterocycles. The minimum absolute atomic E-state index is 0.000185. The third-order valence-electron chi connectivity index (χ3n) is 9.19. The van der Waals surface area contributed by atoms with E-state index in [0.29, 0.717) is 35.4 Å². The number of rotatable bonds is 7. The molecule has 4 aromatic rings. The molecule has 7 rings (SSSR count). The zero-order valence-corrected chi connectivity index (χ0v) is 25.7. The van der Waals surface area contributed by atoms with Crippen LogP contribution in [-0.4, -0.2) is 77.6 Å². The Morgan fingerprint density at radius 3 is 2.30 bits per heavy atom. The quantitative estimate of drug-likeness (QED) is 0.262. The molecule has 1 N–H and O–H groups in total. The van der Waals surface area contributed by atoms with Crippen LogP contribution in [0.3, 0.4) is 0 Å². The van der Waals surface area contributed by atoms with Gasteiger partial charge in [0.25, 0.3) is 5.91 Å². The number of carbonyl (C=O) groups excluding carboxylic acids is 2. The molecule has 1 unspecified atom stereocenters. The second kappa shape index (κ2) is 12.2. The van der Waals surface area contributed by atoms with Crippen molar-refractivity contribution in [2.75, 3.05) is 45.9 Å². The predicted octanol–water partition coefficient (Wildman–Crippen LogP) is 6.39. The molecule has 2 fully saturated rings. The Hall–Kier alpha value is -4.01. The van der Waals surface area contributed by atoms with Crippen molar-refractivity contribution in [3.63, 3.8) is 0 Å². The van der Waals surface area contributed by atoms with Crippen LogP contribution in [0.5, 0.6) is 11.5 Å². The van der Waals surface area contributed by atoms with Crippen LogP contribution in [0.1, 0.15) is 54.1 Å². The highest BCUT2D eigenvalue weighted by molar-refractivity contribution is 6.31. The lowest BCUT2D eigenvalue weighted by molar-refractivity contribution is -0.135. The van der Waals surface area contributed by atoms with Crippen LogP contribution >= 0.6 is 11.6 Å². The second-order valence-corrected chi connectivity index (χ2v) is 12.4. The molecule has 9 heteroatoms. The SMILES string of the molecule is CCN1CCN(C(=O)COc2ccc(C3c4[nH]c5ccc(Cl)cc5c4CCN3C(=O)Oc3ccc(C4CC4)cc3)cc2)CC1. The Kier molecular flexibility index (Phi) is 7.95. The van der Waals surface area contributed by atoms with Gasteiger partial charge in [-0.1, -0.05) is 42.8 Å². The highest BCUT2D eigenvalue weighted by atomic mass is 35.5. The fourth-order valence-corrected chi connectivity index (χ4v) is 6.66. The summed E-state index contributed by atoms with van der Waals surface area (Å²) in [6.07, 6.45) is 2.73. The molecular formula is C35H37ClN4O4. The smallest absolute Gasteiger partial charge is 0.416 e. The van der Waals surface area contributed by atoms with Gasteiger partial charge in [-0.05, 0) is 90.9 Å². The number of carbonyl (C=O) groups is 2. The first kappa shape index (κ1) is 28.7. The number of fused-ring (bicyclic) bond motifs is 3. The van der Waals surface area contributed by atoms with Gasteiger partial charge in [-0.3, -0.25) is 9.69 Å². The molecule has 0 spiro atoms. The summed E-state index contributed by atoms with van der Waals surface area (Å²) in [4.78, 5) is 36.0. The van der Waals surface area contributed by atoms with Crippen molar-refractivity contribution in [1.29, 1.82) is 0 Å². The van der Waals surface area contributed by atoms with Gasteiger partial charge in [0.05, 0.1) is 0 Å². The second-order valence-electron chi connectivity index (χ2n) is 11.9. The number of nitrogens with zero attached hydrogens (tertiary/aromatic N) is 3. The van der Waals surface area contributed by atoms with E-state index in [1.54, 1.807) is 4.90 Å². The van der Waals surface area contributed by atoms with Gasteiger partial charge in [0.15, 0.2) is 6.61 Å². The summed E-state index contributed by atoms with van der Waals surface area (Å²) in [5.41, 5.74) is 5.29. The van der Waals surface area contributed by atoms with Gasteiger partial charge in [0, 0.05) is 54.3 Å². The minimum atomic E-state index is -0.398. The summed E-state index contributed by atoms with van der Waals surface area (Å²) >= 11 is 6.37. The molecule has 1 saturated carbocycles. The van der Waals surface area contributed by atoms with Gasteiger partial charge in [0.2, 0.25) is 0 Å². The molecule has 2 amide bonds. The number of piperazine rings is 1. The van der Waals surface area contributed by atoms with Gasteiger partial charge in [-0.15, -0.1) is 0 Å². The summed E-state index contributed by atoms with van der Waals surface area (Å²) < 4.78 is 11.8. The van der Waals surface area contributed by atoms with E-state index in [9.17, 15) is 9.59 Å². The van der Waals surface area contributed by atoms with Gasteiger partial charge in [-0.2, -0.15) is 0 Å². The first-order valence-corrected chi connectivity index (χ1v) is 16.0. The molecule has 228 valence electrons. The van der Waals surface area contributed by atoms with E-state index >= 15 is 0 Å². The van der Waals surface area contributed by atoms with Crippen molar-refractivity contribution in [2.24, 2.45) is 0 Å². The van der Waals surface area contributed by atoms with Crippen molar-refractivity contribution in [3.8, 4) is 11.5 Å². The maximum absolute atomic E-state index is 13.7. The third kappa shape index (κ3) is 5.88. The first-order valence-electron chi connectivity index (χ1n) is 15.6. The molecule has 1 aliphatic carbocycles. The van der Waals surface area contributed by atoms with E-state index in [2.05, 4.69) is 28.9 Å². The summed E-state index contributed by atoms with van der Waals surface area (Å²) in [5, 5.41) is 1.75. The van der Waals surface area contributed by atoms with E-state index in [0.717, 1.165) is 60.4 Å². The lowest BCUT2D eigenvalue weighted by atomic mass is 9.92. The maximum atomic E-state index is 13.7. The monoisotopic (exact) mass is 612 g/mol. The summed E-state index contributed by atoms with van der Waals surface area (Å²) in [5.74, 6) is 1.79. The highest BCUT2D eigenvalue weighted by Gasteiger charge is 2.36. The number of aromatic amines is 1. The van der Waals surface area contributed by atoms with E-state index < -0.39 is 12.1 Å². The zero-order valence-electron chi connectivity index (χ0n) is 24.9. The average Bonchev–Trinajstić information content (AvgIpc) is 3.85. The lowest BCUT2D eigenvalue weighted by Crippen LogP contribution is -2.49. The van der Waals surface area contributed by atoms with Gasteiger partial charge < -0.3 is 24.3 Å². The normalized spacial score (nSPS) is 18.7. The van der Waals surface area contributed by atoms with Crippen LogP contribution in [-0.2, 0) is 11.2 Å². The summed E-state index contributed by atoms with van der Waals surface area (Å²) in [7, 11) is 0. The molecule has 44 heavy (non-hydrogen) atoms. The molecule has 0 bridgehead atoms. The van der Waals surface area contributed by atoms with Crippen LogP contribution in [0.2, 0.25) is 5.02 Å². The molecule has 3 aromatic carbocycles. The van der Waals surface area contributed by atoms with Gasteiger partial charge in [-0.25, -0.2) is 4.79 Å². The molecule has 2 aliphatic heterocycles. The number of ether oxygens (including phenoxy) is 2. The van der Waals surface area contributed by atoms with E-state index in [1.165, 1.54) is 18.4 Å². The van der Waals surface area contributed by atoms with Crippen molar-refractivity contribution in [3.05, 3.63) is 94.1 Å². The number of hydrogen-bond donors (Lipinski definition) is 1. The molecule has 1 saturated heterocycles. The zero-order chi connectivity index (χ0) is 30.2.